The summed E-state index contributed by atoms with van der Waals surface area (Å²) in [5, 5.41) is -0.218. The molecule has 16 heavy (non-hydrogen) atoms. The van der Waals surface area contributed by atoms with E-state index in [4.69, 9.17) is 0 Å². The van der Waals surface area contributed by atoms with E-state index in [1.165, 1.54) is 0 Å². The van der Waals surface area contributed by atoms with Gasteiger partial charge in [-0.15, -0.1) is 13.2 Å². The maximum atomic E-state index is 12.8. The summed E-state index contributed by atoms with van der Waals surface area (Å²) >= 11 is 2.78. The van der Waals surface area contributed by atoms with Crippen molar-refractivity contribution in [3.8, 4) is 5.75 Å². The summed E-state index contributed by atoms with van der Waals surface area (Å²) in [5.41, 5.74) is -0.450. The predicted molar refractivity (Wildman–Crippen MR) is 51.2 cm³/mol. The number of rotatable bonds is 3. The van der Waals surface area contributed by atoms with Crippen LogP contribution in [0.5, 0.6) is 5.75 Å². The number of ketones is 1. The largest absolute Gasteiger partial charge is 0.573 e. The fraction of sp³-hybridized carbons (Fsp3) is 0.222. The molecule has 0 aliphatic rings. The number of hydrogen-bond acceptors (Lipinski definition) is 2. The van der Waals surface area contributed by atoms with E-state index < -0.39 is 29.3 Å². The Labute approximate surface area is 96.3 Å². The normalized spacial score (nSPS) is 11.3. The second-order valence-corrected chi connectivity index (χ2v) is 3.31. The van der Waals surface area contributed by atoms with Crippen molar-refractivity contribution >= 4 is 21.7 Å². The average Bonchev–Trinajstić information content (AvgIpc) is 2.17. The minimum absolute atomic E-state index is 0.218. The number of hydrogen-bond donors (Lipinski definition) is 0. The van der Waals surface area contributed by atoms with Crippen molar-refractivity contribution in [3.63, 3.8) is 0 Å². The van der Waals surface area contributed by atoms with E-state index in [1.807, 2.05) is 0 Å². The molecule has 0 N–H and O–H groups in total. The lowest BCUT2D eigenvalue weighted by Crippen LogP contribution is -2.19. The molecule has 0 spiro atoms. The Bertz CT molecular complexity index is 403. The third-order valence-corrected chi connectivity index (χ3v) is 2.10. The van der Waals surface area contributed by atoms with Crippen LogP contribution in [0.4, 0.5) is 17.6 Å². The van der Waals surface area contributed by atoms with E-state index in [-0.39, 0.29) is 5.33 Å². The molecule has 0 aliphatic heterocycles. The Kier molecular flexibility index (Phi) is 3.90. The highest BCUT2D eigenvalue weighted by Gasteiger charge is 2.32. The number of carbonyl (C=O) groups is 1. The van der Waals surface area contributed by atoms with E-state index in [0.717, 1.165) is 12.1 Å². The molecule has 0 unspecified atom stereocenters. The van der Waals surface area contributed by atoms with Gasteiger partial charge in [0.2, 0.25) is 0 Å². The molecule has 0 atom stereocenters. The van der Waals surface area contributed by atoms with E-state index in [9.17, 15) is 22.4 Å². The van der Waals surface area contributed by atoms with Crippen LogP contribution < -0.4 is 4.74 Å². The zero-order valence-corrected chi connectivity index (χ0v) is 9.23. The summed E-state index contributed by atoms with van der Waals surface area (Å²) in [7, 11) is 0. The van der Waals surface area contributed by atoms with Crippen LogP contribution in [0.15, 0.2) is 18.2 Å². The van der Waals surface area contributed by atoms with Gasteiger partial charge in [-0.05, 0) is 18.2 Å². The quantitative estimate of drug-likeness (QED) is 0.486. The van der Waals surface area contributed by atoms with Gasteiger partial charge in [0, 0.05) is 0 Å². The van der Waals surface area contributed by atoms with E-state index in [0.29, 0.717) is 6.07 Å². The summed E-state index contributed by atoms with van der Waals surface area (Å²) in [6.07, 6.45) is -4.92. The Balaban J connectivity index is 3.13. The van der Waals surface area contributed by atoms with Crippen LogP contribution in [0.25, 0.3) is 0 Å². The molecular weight excluding hydrogens is 296 g/mol. The van der Waals surface area contributed by atoms with Crippen molar-refractivity contribution in [2.24, 2.45) is 0 Å². The summed E-state index contributed by atoms with van der Waals surface area (Å²) < 4.78 is 52.2. The summed E-state index contributed by atoms with van der Waals surface area (Å²) in [5.74, 6) is -2.21. The van der Waals surface area contributed by atoms with Gasteiger partial charge in [0.1, 0.15) is 11.6 Å². The van der Waals surface area contributed by atoms with Crippen molar-refractivity contribution in [2.75, 3.05) is 5.33 Å². The molecule has 0 aromatic heterocycles. The summed E-state index contributed by atoms with van der Waals surface area (Å²) in [6.45, 7) is 0. The number of ether oxygens (including phenoxy) is 1. The highest BCUT2D eigenvalue weighted by molar-refractivity contribution is 9.09. The van der Waals surface area contributed by atoms with Crippen LogP contribution in [-0.4, -0.2) is 17.5 Å². The van der Waals surface area contributed by atoms with Crippen LogP contribution in [-0.2, 0) is 0 Å². The summed E-state index contributed by atoms with van der Waals surface area (Å²) in [4.78, 5) is 11.2. The number of Topliss-reactive ketones (excluding diaryl/α,β-unsaturated/α-hetero) is 1. The standard InChI is InChI=1S/C9H5BrF4O2/c10-4-7(15)6-3-5(11)1-2-8(6)16-9(12,13)14/h1-3H,4H2. The van der Waals surface area contributed by atoms with E-state index in [2.05, 4.69) is 20.7 Å². The molecule has 0 aliphatic carbocycles. The first-order valence-electron chi connectivity index (χ1n) is 3.98. The highest BCUT2D eigenvalue weighted by Crippen LogP contribution is 2.27. The molecule has 7 heteroatoms. The molecule has 0 saturated heterocycles. The third-order valence-electron chi connectivity index (χ3n) is 1.59. The van der Waals surface area contributed by atoms with Gasteiger partial charge in [0.25, 0.3) is 0 Å². The molecule has 0 heterocycles. The SMILES string of the molecule is O=C(CBr)c1cc(F)ccc1OC(F)(F)F. The zero-order valence-electron chi connectivity index (χ0n) is 7.65. The first-order chi connectivity index (χ1) is 7.33. The molecule has 1 aromatic rings. The monoisotopic (exact) mass is 300 g/mol. The van der Waals surface area contributed by atoms with Gasteiger partial charge in [-0.3, -0.25) is 4.79 Å². The third kappa shape index (κ3) is 3.48. The fourth-order valence-corrected chi connectivity index (χ4v) is 1.31. The first-order valence-corrected chi connectivity index (χ1v) is 5.10. The molecule has 1 rings (SSSR count). The minimum Gasteiger partial charge on any atom is -0.405 e. The van der Waals surface area contributed by atoms with Crippen LogP contribution in [0.1, 0.15) is 10.4 Å². The predicted octanol–water partition coefficient (Wildman–Crippen LogP) is 3.30. The van der Waals surface area contributed by atoms with Crippen molar-refractivity contribution in [1.82, 2.24) is 0 Å². The number of halogens is 5. The van der Waals surface area contributed by atoms with Crippen molar-refractivity contribution in [1.29, 1.82) is 0 Å². The Morgan fingerprint density at radius 3 is 2.50 bits per heavy atom. The molecule has 0 bridgehead atoms. The maximum Gasteiger partial charge on any atom is 0.573 e. The van der Waals surface area contributed by atoms with Crippen LogP contribution >= 0.6 is 15.9 Å². The van der Waals surface area contributed by atoms with Crippen molar-refractivity contribution < 1.29 is 27.1 Å². The maximum absolute atomic E-state index is 12.8. The van der Waals surface area contributed by atoms with Crippen LogP contribution in [0, 0.1) is 5.82 Å². The molecule has 0 amide bonds. The first kappa shape index (κ1) is 13.0. The fourth-order valence-electron chi connectivity index (χ4n) is 1.01. The van der Waals surface area contributed by atoms with E-state index in [1.54, 1.807) is 0 Å². The van der Waals surface area contributed by atoms with Gasteiger partial charge < -0.3 is 4.74 Å². The molecular formula is C9H5BrF4O2. The number of alkyl halides is 4. The minimum atomic E-state index is -4.92. The summed E-state index contributed by atoms with van der Waals surface area (Å²) in [6, 6.07) is 2.25. The van der Waals surface area contributed by atoms with Crippen LogP contribution in [0.2, 0.25) is 0 Å². The molecule has 88 valence electrons. The van der Waals surface area contributed by atoms with Gasteiger partial charge in [-0.25, -0.2) is 4.39 Å². The lowest BCUT2D eigenvalue weighted by atomic mass is 10.1. The zero-order chi connectivity index (χ0) is 12.3. The van der Waals surface area contributed by atoms with Crippen LogP contribution in [0.3, 0.4) is 0 Å². The van der Waals surface area contributed by atoms with E-state index >= 15 is 0 Å². The number of carbonyl (C=O) groups excluding carboxylic acids is 1. The van der Waals surface area contributed by atoms with Gasteiger partial charge in [0.05, 0.1) is 10.9 Å². The van der Waals surface area contributed by atoms with Gasteiger partial charge in [-0.2, -0.15) is 0 Å². The molecule has 2 nitrogen and oxygen atoms in total. The average molecular weight is 301 g/mol. The van der Waals surface area contributed by atoms with Crippen molar-refractivity contribution in [2.45, 2.75) is 6.36 Å². The Morgan fingerprint density at radius 1 is 1.38 bits per heavy atom. The van der Waals surface area contributed by atoms with Gasteiger partial charge >= 0.3 is 6.36 Å². The molecule has 0 fully saturated rings. The molecule has 0 radical (unpaired) electrons. The Morgan fingerprint density at radius 2 is 2.00 bits per heavy atom. The lowest BCUT2D eigenvalue weighted by molar-refractivity contribution is -0.274. The van der Waals surface area contributed by atoms with Crippen molar-refractivity contribution in [3.05, 3.63) is 29.6 Å². The lowest BCUT2D eigenvalue weighted by Gasteiger charge is -2.11. The second-order valence-electron chi connectivity index (χ2n) is 2.75. The number of benzene rings is 1. The van der Waals surface area contributed by atoms with Gasteiger partial charge in [-0.1, -0.05) is 15.9 Å². The smallest absolute Gasteiger partial charge is 0.405 e. The molecule has 0 saturated carbocycles. The van der Waals surface area contributed by atoms with Gasteiger partial charge in [0.15, 0.2) is 5.78 Å². The highest BCUT2D eigenvalue weighted by atomic mass is 79.9. The molecule has 1 aromatic carbocycles. The topological polar surface area (TPSA) is 26.3 Å². The Hall–Kier alpha value is -1.11. The second kappa shape index (κ2) is 4.82.